The number of benzene rings is 7. The molecule has 0 unspecified atom stereocenters. The van der Waals surface area contributed by atoms with Crippen LogP contribution in [0.5, 0.6) is 0 Å². The van der Waals surface area contributed by atoms with Crippen molar-refractivity contribution in [3.8, 4) is 33.9 Å². The molecular weight excluding hydrogens is 641 g/mol. The van der Waals surface area contributed by atoms with E-state index in [1.54, 1.807) is 11.3 Å². The molecule has 51 heavy (non-hydrogen) atoms. The van der Waals surface area contributed by atoms with Gasteiger partial charge in [0.15, 0.2) is 5.82 Å². The van der Waals surface area contributed by atoms with Gasteiger partial charge in [-0.15, -0.1) is 11.3 Å². The molecule has 0 radical (unpaired) electrons. The second-order valence-corrected chi connectivity index (χ2v) is 14.1. The Balaban J connectivity index is 1.18. The first-order chi connectivity index (χ1) is 25.3. The van der Waals surface area contributed by atoms with E-state index >= 15 is 0 Å². The highest BCUT2D eigenvalue weighted by atomic mass is 32.1. The maximum atomic E-state index is 5.42. The Labute approximate surface area is 297 Å². The van der Waals surface area contributed by atoms with Crippen molar-refractivity contribution in [1.82, 2.24) is 19.1 Å². The van der Waals surface area contributed by atoms with Crippen LogP contribution in [0.4, 0.5) is 0 Å². The summed E-state index contributed by atoms with van der Waals surface area (Å²) in [5.74, 6) is 0.708. The van der Waals surface area contributed by atoms with Crippen molar-refractivity contribution < 1.29 is 0 Å². The Morgan fingerprint density at radius 2 is 0.980 bits per heavy atom. The summed E-state index contributed by atoms with van der Waals surface area (Å²) in [5, 5.41) is 6.09. The van der Waals surface area contributed by atoms with Gasteiger partial charge in [0.1, 0.15) is 0 Å². The van der Waals surface area contributed by atoms with E-state index in [4.69, 9.17) is 9.97 Å². The van der Waals surface area contributed by atoms with Gasteiger partial charge in [-0.25, -0.2) is 9.97 Å². The van der Waals surface area contributed by atoms with E-state index < -0.39 is 0 Å². The fraction of sp³-hybridized carbons (Fsp3) is 0. The standard InChI is InChI=1S/C46H28N4S/c1-2-13-29(14-3-1)31-19-12-20-36(45(31)50-40-23-10-6-17-34(40)35-18-7-11-24-41(35)50)46-47-28-43-44(48-46)37-27-30(25-26-42(37)51-43)49-38-21-8-4-15-32(38)33-16-5-9-22-39(33)49/h1-28H. The largest absolute Gasteiger partial charge is 0.309 e. The van der Waals surface area contributed by atoms with Gasteiger partial charge in [-0.2, -0.15) is 0 Å². The van der Waals surface area contributed by atoms with Crippen LogP contribution in [0.25, 0.3) is 97.8 Å². The minimum absolute atomic E-state index is 0.708. The summed E-state index contributed by atoms with van der Waals surface area (Å²) in [5.41, 5.74) is 11.1. The first-order valence-electron chi connectivity index (χ1n) is 17.2. The Morgan fingerprint density at radius 3 is 1.61 bits per heavy atom. The Hall–Kier alpha value is -6.56. The van der Waals surface area contributed by atoms with E-state index in [2.05, 4.69) is 173 Å². The second-order valence-electron chi connectivity index (χ2n) is 13.0. The molecule has 11 rings (SSSR count). The molecule has 0 atom stereocenters. The SMILES string of the molecule is c1ccc(-c2cccc(-c3ncc4sc5ccc(-n6c7ccccc7c7ccccc76)cc5c4n3)c2-n2c3ccccc3c3ccccc32)cc1. The third kappa shape index (κ3) is 4.19. The van der Waals surface area contributed by atoms with Gasteiger partial charge in [-0.1, -0.05) is 115 Å². The lowest BCUT2D eigenvalue weighted by Gasteiger charge is -2.18. The Kier molecular flexibility index (Phi) is 6.09. The molecule has 7 aromatic carbocycles. The molecule has 4 nitrogen and oxygen atoms in total. The molecule has 0 aliphatic carbocycles. The van der Waals surface area contributed by atoms with Crippen molar-refractivity contribution in [3.63, 3.8) is 0 Å². The van der Waals surface area contributed by atoms with Crippen molar-refractivity contribution >= 4 is 75.3 Å². The Bertz CT molecular complexity index is 3040. The highest BCUT2D eigenvalue weighted by molar-refractivity contribution is 7.25. The van der Waals surface area contributed by atoms with Gasteiger partial charge in [-0.3, -0.25) is 0 Å². The fourth-order valence-electron chi connectivity index (χ4n) is 8.00. The maximum Gasteiger partial charge on any atom is 0.162 e. The number of nitrogens with zero attached hydrogens (tertiary/aromatic N) is 4. The zero-order valence-corrected chi connectivity index (χ0v) is 28.2. The van der Waals surface area contributed by atoms with E-state index in [9.17, 15) is 0 Å². The monoisotopic (exact) mass is 668 g/mol. The molecule has 0 spiro atoms. The van der Waals surface area contributed by atoms with E-state index in [0.29, 0.717) is 5.82 Å². The summed E-state index contributed by atoms with van der Waals surface area (Å²) in [6.45, 7) is 0. The van der Waals surface area contributed by atoms with Crippen LogP contribution in [-0.4, -0.2) is 19.1 Å². The first kappa shape index (κ1) is 28.3. The first-order valence-corrected chi connectivity index (χ1v) is 18.0. The van der Waals surface area contributed by atoms with Crippen LogP contribution in [0.2, 0.25) is 0 Å². The van der Waals surface area contributed by atoms with Crippen molar-refractivity contribution in [1.29, 1.82) is 0 Å². The predicted molar refractivity (Wildman–Crippen MR) is 214 cm³/mol. The number of hydrogen-bond acceptors (Lipinski definition) is 3. The van der Waals surface area contributed by atoms with E-state index in [1.807, 2.05) is 6.20 Å². The van der Waals surface area contributed by atoms with Gasteiger partial charge in [0.05, 0.1) is 38.0 Å². The van der Waals surface area contributed by atoms with Gasteiger partial charge >= 0.3 is 0 Å². The molecule has 5 heteroatoms. The van der Waals surface area contributed by atoms with Crippen LogP contribution in [0.3, 0.4) is 0 Å². The molecule has 0 aliphatic rings. The topological polar surface area (TPSA) is 35.6 Å². The lowest BCUT2D eigenvalue weighted by atomic mass is 9.99. The quantitative estimate of drug-likeness (QED) is 0.187. The van der Waals surface area contributed by atoms with Crippen molar-refractivity contribution in [3.05, 3.63) is 170 Å². The van der Waals surface area contributed by atoms with Crippen LogP contribution >= 0.6 is 11.3 Å². The molecule has 0 aliphatic heterocycles. The number of rotatable bonds is 4. The number of hydrogen-bond donors (Lipinski definition) is 0. The molecule has 238 valence electrons. The highest BCUT2D eigenvalue weighted by Gasteiger charge is 2.22. The average Bonchev–Trinajstić information content (AvgIpc) is 3.85. The van der Waals surface area contributed by atoms with E-state index in [0.717, 1.165) is 54.7 Å². The number of aromatic nitrogens is 4. The predicted octanol–water partition coefficient (Wildman–Crippen LogP) is 12.4. The second kappa shape index (κ2) is 11.0. The molecule has 4 heterocycles. The van der Waals surface area contributed by atoms with Crippen LogP contribution in [0, 0.1) is 0 Å². The maximum absolute atomic E-state index is 5.42. The van der Waals surface area contributed by atoms with Crippen molar-refractivity contribution in [2.75, 3.05) is 0 Å². The van der Waals surface area contributed by atoms with Gasteiger partial charge in [0.2, 0.25) is 0 Å². The molecule has 0 fully saturated rings. The summed E-state index contributed by atoms with van der Waals surface area (Å²) in [4.78, 5) is 10.5. The van der Waals surface area contributed by atoms with Crippen LogP contribution in [0.15, 0.2) is 170 Å². The normalized spacial score (nSPS) is 11.9. The summed E-state index contributed by atoms with van der Waals surface area (Å²) in [7, 11) is 0. The minimum Gasteiger partial charge on any atom is -0.309 e. The molecule has 0 amide bonds. The summed E-state index contributed by atoms with van der Waals surface area (Å²) >= 11 is 1.75. The van der Waals surface area contributed by atoms with Gasteiger partial charge in [0, 0.05) is 54.6 Å². The van der Waals surface area contributed by atoms with E-state index in [-0.39, 0.29) is 0 Å². The lowest BCUT2D eigenvalue weighted by Crippen LogP contribution is -2.02. The summed E-state index contributed by atoms with van der Waals surface area (Å²) < 4.78 is 7.05. The third-order valence-electron chi connectivity index (χ3n) is 10.2. The molecule has 0 bridgehead atoms. The van der Waals surface area contributed by atoms with Crippen molar-refractivity contribution in [2.45, 2.75) is 0 Å². The molecular formula is C46H28N4S. The number of fused-ring (bicyclic) bond motifs is 9. The molecule has 0 N–H and O–H groups in total. The summed E-state index contributed by atoms with van der Waals surface area (Å²) in [6.07, 6.45) is 2.01. The molecule has 0 saturated heterocycles. The molecule has 11 aromatic rings. The third-order valence-corrected chi connectivity index (χ3v) is 11.3. The minimum atomic E-state index is 0.708. The van der Waals surface area contributed by atoms with Crippen LogP contribution < -0.4 is 0 Å². The van der Waals surface area contributed by atoms with Crippen LogP contribution in [0.1, 0.15) is 0 Å². The molecule has 0 saturated carbocycles. The highest BCUT2D eigenvalue weighted by Crippen LogP contribution is 2.42. The number of para-hydroxylation sites is 5. The smallest absolute Gasteiger partial charge is 0.162 e. The zero-order valence-electron chi connectivity index (χ0n) is 27.4. The van der Waals surface area contributed by atoms with Crippen LogP contribution in [-0.2, 0) is 0 Å². The van der Waals surface area contributed by atoms with Gasteiger partial charge in [0.25, 0.3) is 0 Å². The van der Waals surface area contributed by atoms with Gasteiger partial charge in [-0.05, 0) is 54.1 Å². The average molecular weight is 669 g/mol. The fourth-order valence-corrected chi connectivity index (χ4v) is 8.99. The number of thiophene rings is 1. The van der Waals surface area contributed by atoms with E-state index in [1.165, 1.54) is 37.3 Å². The lowest BCUT2D eigenvalue weighted by molar-refractivity contribution is 1.16. The van der Waals surface area contributed by atoms with Crippen molar-refractivity contribution in [2.24, 2.45) is 0 Å². The Morgan fingerprint density at radius 1 is 0.431 bits per heavy atom. The zero-order chi connectivity index (χ0) is 33.5. The summed E-state index contributed by atoms with van der Waals surface area (Å²) in [6, 6.07) is 58.6. The molecule has 4 aromatic heterocycles. The van der Waals surface area contributed by atoms with Gasteiger partial charge < -0.3 is 9.13 Å².